The Morgan fingerprint density at radius 3 is 2.58 bits per heavy atom. The summed E-state index contributed by atoms with van der Waals surface area (Å²) in [6, 6.07) is 8.59. The van der Waals surface area contributed by atoms with Gasteiger partial charge in [0.2, 0.25) is 0 Å². The molecule has 0 spiro atoms. The molecule has 0 radical (unpaired) electrons. The number of nitriles is 1. The second-order valence-corrected chi connectivity index (χ2v) is 6.59. The van der Waals surface area contributed by atoms with Crippen LogP contribution in [0.2, 0.25) is 0 Å². The Kier molecular flexibility index (Phi) is 4.58. The van der Waals surface area contributed by atoms with Crippen molar-refractivity contribution < 1.29 is 9.59 Å². The number of rotatable bonds is 5. The minimum atomic E-state index is -0.902. The van der Waals surface area contributed by atoms with Crippen molar-refractivity contribution in [3.63, 3.8) is 0 Å². The molecule has 1 aromatic carbocycles. The molecule has 7 heteroatoms. The number of ketones is 1. The highest BCUT2D eigenvalue weighted by molar-refractivity contribution is 7.10. The average molecular weight is 340 g/mol. The van der Waals surface area contributed by atoms with E-state index >= 15 is 0 Å². The van der Waals surface area contributed by atoms with E-state index in [9.17, 15) is 14.9 Å². The zero-order valence-corrected chi connectivity index (χ0v) is 13.9. The first-order valence-electron chi connectivity index (χ1n) is 7.60. The van der Waals surface area contributed by atoms with Gasteiger partial charge < -0.3 is 10.6 Å². The monoisotopic (exact) mass is 340 g/mol. The van der Waals surface area contributed by atoms with Crippen molar-refractivity contribution in [2.24, 2.45) is 0 Å². The second-order valence-electron chi connectivity index (χ2n) is 5.70. The molecule has 1 heterocycles. The molecule has 1 aliphatic carbocycles. The van der Waals surface area contributed by atoms with Gasteiger partial charge in [0.15, 0.2) is 11.7 Å². The van der Waals surface area contributed by atoms with E-state index in [0.717, 1.165) is 18.5 Å². The lowest BCUT2D eigenvalue weighted by molar-refractivity contribution is 0.0979. The topological polar surface area (TPSA) is 94.9 Å². The number of Topliss-reactive ketones (excluding diaryl/α,β-unsaturated/α-hetero) is 1. The molecular weight excluding hydrogens is 324 g/mol. The lowest BCUT2D eigenvalue weighted by Crippen LogP contribution is -2.30. The summed E-state index contributed by atoms with van der Waals surface area (Å²) in [6.07, 6.45) is 2.04. The molecule has 6 nitrogen and oxygen atoms in total. The first-order valence-corrected chi connectivity index (χ1v) is 8.48. The van der Waals surface area contributed by atoms with E-state index in [1.807, 2.05) is 18.4 Å². The minimum absolute atomic E-state index is 0.246. The fraction of sp³-hybridized carbons (Fsp3) is 0.294. The van der Waals surface area contributed by atoms with E-state index < -0.39 is 5.92 Å². The molecule has 0 aliphatic heterocycles. The molecule has 122 valence electrons. The number of benzene rings is 1. The van der Waals surface area contributed by atoms with Crippen LogP contribution in [0.4, 0.5) is 10.5 Å². The fourth-order valence-corrected chi connectivity index (χ4v) is 3.03. The summed E-state index contributed by atoms with van der Waals surface area (Å²) >= 11 is 1.31. The minimum Gasteiger partial charge on any atom is -0.335 e. The van der Waals surface area contributed by atoms with Crippen molar-refractivity contribution in [2.75, 3.05) is 5.32 Å². The smallest absolute Gasteiger partial charge is 0.319 e. The third-order valence-corrected chi connectivity index (χ3v) is 4.64. The Hall–Kier alpha value is -2.72. The molecule has 2 amide bonds. The van der Waals surface area contributed by atoms with Gasteiger partial charge in [-0.25, -0.2) is 9.78 Å². The molecule has 1 fully saturated rings. The van der Waals surface area contributed by atoms with Crippen molar-refractivity contribution in [2.45, 2.75) is 31.7 Å². The van der Waals surface area contributed by atoms with Crippen molar-refractivity contribution in [1.82, 2.24) is 10.3 Å². The SMILES string of the molecule is Cc1csc([C@H](C#N)C(=O)c2ccc(NC(=O)NC3CC3)cc2)n1. The van der Waals surface area contributed by atoms with Gasteiger partial charge in [0.25, 0.3) is 0 Å². The number of hydrogen-bond donors (Lipinski definition) is 2. The summed E-state index contributed by atoms with van der Waals surface area (Å²) in [5.74, 6) is -1.19. The summed E-state index contributed by atoms with van der Waals surface area (Å²) < 4.78 is 0. The predicted octanol–water partition coefficient (Wildman–Crippen LogP) is 3.23. The van der Waals surface area contributed by atoms with E-state index in [0.29, 0.717) is 16.3 Å². The zero-order chi connectivity index (χ0) is 17.1. The normalized spacial score (nSPS) is 14.5. The first-order chi connectivity index (χ1) is 11.6. The van der Waals surface area contributed by atoms with Crippen molar-refractivity contribution in [3.05, 3.63) is 45.9 Å². The first kappa shape index (κ1) is 16.1. The largest absolute Gasteiger partial charge is 0.335 e. The molecule has 2 aromatic rings. The van der Waals surface area contributed by atoms with E-state index in [-0.39, 0.29) is 17.9 Å². The highest BCUT2D eigenvalue weighted by Gasteiger charge is 2.25. The van der Waals surface area contributed by atoms with Gasteiger partial charge in [0.05, 0.1) is 6.07 Å². The van der Waals surface area contributed by atoms with Gasteiger partial charge in [-0.1, -0.05) is 0 Å². The molecule has 1 aromatic heterocycles. The molecule has 0 unspecified atom stereocenters. The number of urea groups is 1. The quantitative estimate of drug-likeness (QED) is 0.817. The third kappa shape index (κ3) is 3.78. The Bertz CT molecular complexity index is 803. The molecule has 0 saturated heterocycles. The van der Waals surface area contributed by atoms with Gasteiger partial charge in [-0.15, -0.1) is 11.3 Å². The number of thiazole rings is 1. The molecular formula is C17H16N4O2S. The van der Waals surface area contributed by atoms with Crippen molar-refractivity contribution >= 4 is 28.8 Å². The standard InChI is InChI=1S/C17H16N4O2S/c1-10-9-24-16(19-10)14(8-18)15(22)11-2-4-12(5-3-11)20-17(23)21-13-6-7-13/h2-5,9,13-14H,6-7H2,1H3,(H2,20,21,23)/t14-/m1/s1. The zero-order valence-electron chi connectivity index (χ0n) is 13.1. The molecule has 2 N–H and O–H groups in total. The molecule has 1 atom stereocenters. The number of anilines is 1. The number of aryl methyl sites for hydroxylation is 1. The summed E-state index contributed by atoms with van der Waals surface area (Å²) in [4.78, 5) is 28.4. The second kappa shape index (κ2) is 6.81. The Labute approximate surface area is 143 Å². The predicted molar refractivity (Wildman–Crippen MR) is 91.2 cm³/mol. The van der Waals surface area contributed by atoms with Crippen LogP contribution in [0.25, 0.3) is 0 Å². The molecule has 3 rings (SSSR count). The van der Waals surface area contributed by atoms with Crippen LogP contribution in [-0.4, -0.2) is 22.8 Å². The van der Waals surface area contributed by atoms with Gasteiger partial charge in [-0.05, 0) is 44.0 Å². The maximum atomic E-state index is 12.5. The van der Waals surface area contributed by atoms with Crippen LogP contribution in [0.15, 0.2) is 29.6 Å². The molecule has 1 aliphatic rings. The average Bonchev–Trinajstić information content (AvgIpc) is 3.27. The van der Waals surface area contributed by atoms with Crippen LogP contribution in [0, 0.1) is 18.3 Å². The number of hydrogen-bond acceptors (Lipinski definition) is 5. The summed E-state index contributed by atoms with van der Waals surface area (Å²) in [5, 5.41) is 17.2. The van der Waals surface area contributed by atoms with Crippen molar-refractivity contribution in [1.29, 1.82) is 5.26 Å². The summed E-state index contributed by atoms with van der Waals surface area (Å²) in [6.45, 7) is 1.83. The highest BCUT2D eigenvalue weighted by atomic mass is 32.1. The fourth-order valence-electron chi connectivity index (χ4n) is 2.20. The molecule has 0 bridgehead atoms. The number of nitrogens with one attached hydrogen (secondary N) is 2. The van der Waals surface area contributed by atoms with E-state index in [2.05, 4.69) is 15.6 Å². The van der Waals surface area contributed by atoms with Gasteiger partial charge in [0.1, 0.15) is 5.01 Å². The van der Waals surface area contributed by atoms with Gasteiger partial charge in [-0.3, -0.25) is 4.79 Å². The van der Waals surface area contributed by atoms with Gasteiger partial charge in [-0.2, -0.15) is 5.26 Å². The van der Waals surface area contributed by atoms with E-state index in [1.54, 1.807) is 24.3 Å². The number of aromatic nitrogens is 1. The van der Waals surface area contributed by atoms with Gasteiger partial charge in [0, 0.05) is 28.4 Å². The Balaban J connectivity index is 1.68. The Morgan fingerprint density at radius 2 is 2.04 bits per heavy atom. The number of nitrogens with zero attached hydrogens (tertiary/aromatic N) is 2. The van der Waals surface area contributed by atoms with Crippen LogP contribution in [0.5, 0.6) is 0 Å². The van der Waals surface area contributed by atoms with E-state index in [1.165, 1.54) is 11.3 Å². The van der Waals surface area contributed by atoms with Crippen LogP contribution < -0.4 is 10.6 Å². The van der Waals surface area contributed by atoms with Crippen LogP contribution >= 0.6 is 11.3 Å². The lowest BCUT2D eigenvalue weighted by atomic mass is 9.99. The summed E-state index contributed by atoms with van der Waals surface area (Å²) in [7, 11) is 0. The van der Waals surface area contributed by atoms with Crippen LogP contribution in [-0.2, 0) is 0 Å². The Morgan fingerprint density at radius 1 is 1.33 bits per heavy atom. The summed E-state index contributed by atoms with van der Waals surface area (Å²) in [5.41, 5.74) is 1.81. The lowest BCUT2D eigenvalue weighted by Gasteiger charge is -2.08. The number of carbonyl (C=O) groups is 2. The number of carbonyl (C=O) groups excluding carboxylic acids is 2. The van der Waals surface area contributed by atoms with Crippen molar-refractivity contribution in [3.8, 4) is 6.07 Å². The van der Waals surface area contributed by atoms with E-state index in [4.69, 9.17) is 0 Å². The van der Waals surface area contributed by atoms with Crippen LogP contribution in [0.3, 0.4) is 0 Å². The number of amides is 2. The van der Waals surface area contributed by atoms with Gasteiger partial charge >= 0.3 is 6.03 Å². The van der Waals surface area contributed by atoms with Crippen LogP contribution in [0.1, 0.15) is 39.8 Å². The highest BCUT2D eigenvalue weighted by Crippen LogP contribution is 2.24. The third-order valence-electron chi connectivity index (χ3n) is 3.61. The molecule has 24 heavy (non-hydrogen) atoms. The molecule has 1 saturated carbocycles. The maximum absolute atomic E-state index is 12.5. The maximum Gasteiger partial charge on any atom is 0.319 e.